The standard InChI is InChI=1S/C14H20Cl2N2O2S.ClH/c1-17-9-11-4-6-18(7-5-11)21(19,20)10-12-2-3-13(15)14(16)8-12;/h2-3,8,11,17H,4-7,9-10H2,1H3;1H. The lowest BCUT2D eigenvalue weighted by Gasteiger charge is -2.31. The Bertz CT molecular complexity index is 588. The summed E-state index contributed by atoms with van der Waals surface area (Å²) in [5.41, 5.74) is 0.668. The lowest BCUT2D eigenvalue weighted by molar-refractivity contribution is 0.270. The second-order valence-corrected chi connectivity index (χ2v) is 8.19. The van der Waals surface area contributed by atoms with Gasteiger partial charge in [-0.3, -0.25) is 0 Å². The van der Waals surface area contributed by atoms with E-state index in [4.69, 9.17) is 23.2 Å². The average Bonchev–Trinajstić information content (AvgIpc) is 2.44. The van der Waals surface area contributed by atoms with Crippen LogP contribution in [-0.2, 0) is 15.8 Å². The van der Waals surface area contributed by atoms with Gasteiger partial charge in [-0.15, -0.1) is 12.4 Å². The molecular weight excluding hydrogens is 367 g/mol. The third kappa shape index (κ3) is 5.25. The van der Waals surface area contributed by atoms with E-state index in [0.29, 0.717) is 34.6 Å². The van der Waals surface area contributed by atoms with Crippen LogP contribution in [0.1, 0.15) is 18.4 Å². The summed E-state index contributed by atoms with van der Waals surface area (Å²) in [6.07, 6.45) is 1.81. The topological polar surface area (TPSA) is 49.4 Å². The van der Waals surface area contributed by atoms with Gasteiger partial charge < -0.3 is 5.32 Å². The summed E-state index contributed by atoms with van der Waals surface area (Å²) in [6.45, 7) is 2.13. The molecule has 126 valence electrons. The van der Waals surface area contributed by atoms with Crippen LogP contribution in [0, 0.1) is 5.92 Å². The van der Waals surface area contributed by atoms with Crippen molar-refractivity contribution >= 4 is 45.6 Å². The van der Waals surface area contributed by atoms with Crippen LogP contribution in [0.4, 0.5) is 0 Å². The van der Waals surface area contributed by atoms with Crippen LogP contribution < -0.4 is 5.32 Å². The molecular formula is C14H21Cl3N2O2S. The molecule has 0 amide bonds. The highest BCUT2D eigenvalue weighted by molar-refractivity contribution is 7.88. The van der Waals surface area contributed by atoms with Crippen molar-refractivity contribution in [3.63, 3.8) is 0 Å². The van der Waals surface area contributed by atoms with Gasteiger partial charge in [0.2, 0.25) is 10.0 Å². The lowest BCUT2D eigenvalue weighted by Crippen LogP contribution is -2.40. The van der Waals surface area contributed by atoms with Gasteiger partial charge in [-0.05, 0) is 50.0 Å². The number of sulfonamides is 1. The van der Waals surface area contributed by atoms with E-state index in [9.17, 15) is 8.42 Å². The van der Waals surface area contributed by atoms with E-state index in [1.807, 2.05) is 7.05 Å². The smallest absolute Gasteiger partial charge is 0.218 e. The summed E-state index contributed by atoms with van der Waals surface area (Å²) in [6, 6.07) is 4.96. The van der Waals surface area contributed by atoms with Gasteiger partial charge in [-0.25, -0.2) is 12.7 Å². The van der Waals surface area contributed by atoms with Crippen LogP contribution in [0.5, 0.6) is 0 Å². The van der Waals surface area contributed by atoms with Gasteiger partial charge in [0.05, 0.1) is 15.8 Å². The zero-order chi connectivity index (χ0) is 15.5. The monoisotopic (exact) mass is 386 g/mol. The molecule has 0 radical (unpaired) electrons. The molecule has 0 aliphatic carbocycles. The van der Waals surface area contributed by atoms with E-state index in [0.717, 1.165) is 19.4 Å². The van der Waals surface area contributed by atoms with Crippen LogP contribution >= 0.6 is 35.6 Å². The van der Waals surface area contributed by atoms with E-state index in [1.165, 1.54) is 0 Å². The molecule has 1 fully saturated rings. The maximum Gasteiger partial charge on any atom is 0.218 e. The van der Waals surface area contributed by atoms with E-state index in [2.05, 4.69) is 5.32 Å². The van der Waals surface area contributed by atoms with Crippen LogP contribution in [-0.4, -0.2) is 39.4 Å². The third-order valence-electron chi connectivity index (χ3n) is 3.79. The Balaban J connectivity index is 0.00000242. The highest BCUT2D eigenvalue weighted by atomic mass is 35.5. The molecule has 0 saturated carbocycles. The Morgan fingerprint density at radius 1 is 1.23 bits per heavy atom. The van der Waals surface area contributed by atoms with Crippen molar-refractivity contribution in [1.29, 1.82) is 0 Å². The molecule has 0 spiro atoms. The second kappa shape index (κ2) is 8.71. The summed E-state index contributed by atoms with van der Waals surface area (Å²) in [7, 11) is -1.37. The molecule has 22 heavy (non-hydrogen) atoms. The van der Waals surface area contributed by atoms with Crippen molar-refractivity contribution < 1.29 is 8.42 Å². The van der Waals surface area contributed by atoms with Gasteiger partial charge >= 0.3 is 0 Å². The van der Waals surface area contributed by atoms with Gasteiger partial charge in [-0.1, -0.05) is 29.3 Å². The molecule has 1 aliphatic heterocycles. The zero-order valence-electron chi connectivity index (χ0n) is 12.4. The molecule has 0 atom stereocenters. The molecule has 1 aromatic rings. The number of halogens is 3. The summed E-state index contributed by atoms with van der Waals surface area (Å²) < 4.78 is 26.5. The highest BCUT2D eigenvalue weighted by Crippen LogP contribution is 2.25. The van der Waals surface area contributed by atoms with E-state index >= 15 is 0 Å². The maximum atomic E-state index is 12.5. The Kier molecular flexibility index (Phi) is 7.92. The molecule has 4 nitrogen and oxygen atoms in total. The van der Waals surface area contributed by atoms with Gasteiger partial charge in [0.25, 0.3) is 0 Å². The summed E-state index contributed by atoms with van der Waals surface area (Å²) in [5, 5.41) is 3.97. The first-order valence-electron chi connectivity index (χ1n) is 6.98. The van der Waals surface area contributed by atoms with Crippen molar-refractivity contribution in [2.45, 2.75) is 18.6 Å². The first-order valence-corrected chi connectivity index (χ1v) is 9.35. The van der Waals surface area contributed by atoms with Gasteiger partial charge in [-0.2, -0.15) is 0 Å². The number of nitrogens with one attached hydrogen (secondary N) is 1. The van der Waals surface area contributed by atoms with Crippen LogP contribution in [0.25, 0.3) is 0 Å². The fourth-order valence-electron chi connectivity index (χ4n) is 2.61. The fraction of sp³-hybridized carbons (Fsp3) is 0.571. The molecule has 0 bridgehead atoms. The molecule has 1 N–H and O–H groups in total. The number of rotatable bonds is 5. The minimum atomic E-state index is -3.29. The normalized spacial score (nSPS) is 17.2. The molecule has 1 saturated heterocycles. The Hall–Kier alpha value is -0.0400. The molecule has 1 aromatic carbocycles. The largest absolute Gasteiger partial charge is 0.319 e. The molecule has 1 aliphatic rings. The summed E-state index contributed by atoms with van der Waals surface area (Å²) in [5.74, 6) is 0.534. The van der Waals surface area contributed by atoms with Crippen molar-refractivity contribution in [2.24, 2.45) is 5.92 Å². The van der Waals surface area contributed by atoms with E-state index < -0.39 is 10.0 Å². The van der Waals surface area contributed by atoms with Crippen molar-refractivity contribution in [2.75, 3.05) is 26.7 Å². The fourth-order valence-corrected chi connectivity index (χ4v) is 4.48. The Labute approximate surface area is 148 Å². The first-order chi connectivity index (χ1) is 9.92. The number of benzene rings is 1. The summed E-state index contributed by atoms with van der Waals surface area (Å²) >= 11 is 11.8. The summed E-state index contributed by atoms with van der Waals surface area (Å²) in [4.78, 5) is 0. The van der Waals surface area contributed by atoms with Crippen molar-refractivity contribution in [1.82, 2.24) is 9.62 Å². The molecule has 2 rings (SSSR count). The number of piperidine rings is 1. The third-order valence-corrected chi connectivity index (χ3v) is 6.38. The Morgan fingerprint density at radius 3 is 2.41 bits per heavy atom. The predicted molar refractivity (Wildman–Crippen MR) is 94.6 cm³/mol. The molecule has 0 aromatic heterocycles. The SMILES string of the molecule is CNCC1CCN(S(=O)(=O)Cc2ccc(Cl)c(Cl)c2)CC1.Cl. The quantitative estimate of drug-likeness (QED) is 0.844. The van der Waals surface area contributed by atoms with Gasteiger partial charge in [0.15, 0.2) is 0 Å². The van der Waals surface area contributed by atoms with Crippen LogP contribution in [0.2, 0.25) is 10.0 Å². The number of hydrogen-bond donors (Lipinski definition) is 1. The maximum absolute atomic E-state index is 12.5. The van der Waals surface area contributed by atoms with Gasteiger partial charge in [0, 0.05) is 13.1 Å². The van der Waals surface area contributed by atoms with Gasteiger partial charge in [0.1, 0.15) is 0 Å². The molecule has 0 unspecified atom stereocenters. The minimum absolute atomic E-state index is 0. The highest BCUT2D eigenvalue weighted by Gasteiger charge is 2.27. The zero-order valence-corrected chi connectivity index (χ0v) is 15.5. The number of nitrogens with zero attached hydrogens (tertiary/aromatic N) is 1. The number of hydrogen-bond acceptors (Lipinski definition) is 3. The Morgan fingerprint density at radius 2 is 1.86 bits per heavy atom. The van der Waals surface area contributed by atoms with Crippen LogP contribution in [0.3, 0.4) is 0 Å². The van der Waals surface area contributed by atoms with Crippen LogP contribution in [0.15, 0.2) is 18.2 Å². The average molecular weight is 388 g/mol. The lowest BCUT2D eigenvalue weighted by atomic mass is 9.98. The molecule has 1 heterocycles. The second-order valence-electron chi connectivity index (χ2n) is 5.40. The first kappa shape index (κ1) is 20.0. The van der Waals surface area contributed by atoms with E-state index in [1.54, 1.807) is 22.5 Å². The predicted octanol–water partition coefficient (Wildman–Crippen LogP) is 3.18. The minimum Gasteiger partial charge on any atom is -0.319 e. The van der Waals surface area contributed by atoms with E-state index in [-0.39, 0.29) is 18.2 Å². The van der Waals surface area contributed by atoms with Crippen molar-refractivity contribution in [3.8, 4) is 0 Å². The molecule has 8 heteroatoms. The van der Waals surface area contributed by atoms with Crippen molar-refractivity contribution in [3.05, 3.63) is 33.8 Å².